The minimum Gasteiger partial charge on any atom is -0.378 e. The summed E-state index contributed by atoms with van der Waals surface area (Å²) in [5, 5.41) is 17.9. The van der Waals surface area contributed by atoms with Gasteiger partial charge in [-0.05, 0) is 13.3 Å². The number of nitrogens with zero attached hydrogens (tertiary/aromatic N) is 3. The molecule has 1 aromatic rings. The minimum atomic E-state index is -0.427. The van der Waals surface area contributed by atoms with Gasteiger partial charge in [0.1, 0.15) is 6.20 Å². The van der Waals surface area contributed by atoms with Crippen molar-refractivity contribution in [1.29, 1.82) is 0 Å². The zero-order valence-corrected chi connectivity index (χ0v) is 9.92. The van der Waals surface area contributed by atoms with E-state index in [0.717, 1.165) is 13.0 Å². The first-order valence-corrected chi connectivity index (χ1v) is 5.61. The molecule has 1 aliphatic heterocycles. The maximum Gasteiger partial charge on any atom is 0.330 e. The van der Waals surface area contributed by atoms with Crippen LogP contribution in [0.25, 0.3) is 0 Å². The first-order chi connectivity index (χ1) is 8.08. The Balaban J connectivity index is 2.01. The van der Waals surface area contributed by atoms with Crippen molar-refractivity contribution in [2.24, 2.45) is 13.0 Å². The van der Waals surface area contributed by atoms with Gasteiger partial charge in [-0.2, -0.15) is 0 Å². The number of rotatable bonds is 4. The Hall–Kier alpha value is -1.63. The van der Waals surface area contributed by atoms with E-state index in [1.807, 2.05) is 6.92 Å². The van der Waals surface area contributed by atoms with E-state index < -0.39 is 4.92 Å². The molecule has 2 atom stereocenters. The quantitative estimate of drug-likeness (QED) is 0.631. The van der Waals surface area contributed by atoms with Crippen molar-refractivity contribution in [2.45, 2.75) is 19.4 Å². The molecule has 94 valence electrons. The molecule has 0 radical (unpaired) electrons. The Morgan fingerprint density at radius 3 is 3.12 bits per heavy atom. The van der Waals surface area contributed by atoms with Gasteiger partial charge in [-0.3, -0.25) is 14.8 Å². The van der Waals surface area contributed by atoms with Gasteiger partial charge in [0.15, 0.2) is 0 Å². The molecule has 17 heavy (non-hydrogen) atoms. The summed E-state index contributed by atoms with van der Waals surface area (Å²) in [5.74, 6) is 0.716. The van der Waals surface area contributed by atoms with Gasteiger partial charge in [0.05, 0.1) is 11.0 Å². The van der Waals surface area contributed by atoms with E-state index in [9.17, 15) is 10.1 Å². The summed E-state index contributed by atoms with van der Waals surface area (Å²) >= 11 is 0. The largest absolute Gasteiger partial charge is 0.378 e. The third kappa shape index (κ3) is 2.55. The van der Waals surface area contributed by atoms with Crippen molar-refractivity contribution >= 4 is 11.5 Å². The van der Waals surface area contributed by atoms with Gasteiger partial charge in [0, 0.05) is 26.1 Å². The van der Waals surface area contributed by atoms with Crippen LogP contribution in [-0.4, -0.2) is 34.0 Å². The number of hydrogen-bond acceptors (Lipinski definition) is 5. The molecule has 0 saturated carbocycles. The molecule has 2 rings (SSSR count). The number of anilines is 1. The summed E-state index contributed by atoms with van der Waals surface area (Å²) in [5.41, 5.74) is 0.0130. The van der Waals surface area contributed by atoms with E-state index in [4.69, 9.17) is 4.74 Å². The predicted octanol–water partition coefficient (Wildman–Crippen LogP) is 1.17. The third-order valence-corrected chi connectivity index (χ3v) is 3.07. The molecule has 0 spiro atoms. The molecule has 1 N–H and O–H groups in total. The van der Waals surface area contributed by atoms with Gasteiger partial charge in [0.25, 0.3) is 0 Å². The smallest absolute Gasteiger partial charge is 0.330 e. The molecule has 1 aliphatic rings. The standard InChI is InChI=1S/C10H16N4O3/c1-7-8(3-4-17-7)5-11-10-9(14(15)16)6-13(2)12-10/h6-8H,3-5H2,1-2H3,(H,11,12). The van der Waals surface area contributed by atoms with E-state index >= 15 is 0 Å². The van der Waals surface area contributed by atoms with Crippen LogP contribution in [0.5, 0.6) is 0 Å². The Morgan fingerprint density at radius 2 is 2.53 bits per heavy atom. The van der Waals surface area contributed by atoms with Gasteiger partial charge in [0.2, 0.25) is 5.82 Å². The van der Waals surface area contributed by atoms with Crippen LogP contribution in [0.1, 0.15) is 13.3 Å². The van der Waals surface area contributed by atoms with Crippen molar-refractivity contribution in [2.75, 3.05) is 18.5 Å². The number of ether oxygens (including phenoxy) is 1. The molecule has 0 bridgehead atoms. The van der Waals surface area contributed by atoms with Crippen LogP contribution < -0.4 is 5.32 Å². The number of aryl methyl sites for hydroxylation is 1. The fourth-order valence-electron chi connectivity index (χ4n) is 2.01. The molecule has 2 heterocycles. The number of nitro groups is 1. The highest BCUT2D eigenvalue weighted by Gasteiger charge is 2.25. The number of hydrogen-bond donors (Lipinski definition) is 1. The van der Waals surface area contributed by atoms with Gasteiger partial charge < -0.3 is 10.1 Å². The minimum absolute atomic E-state index is 0.0130. The van der Waals surface area contributed by atoms with E-state index in [1.54, 1.807) is 7.05 Å². The fraction of sp³-hybridized carbons (Fsp3) is 0.700. The van der Waals surface area contributed by atoms with Crippen molar-refractivity contribution < 1.29 is 9.66 Å². The van der Waals surface area contributed by atoms with Crippen LogP contribution in [0.2, 0.25) is 0 Å². The average Bonchev–Trinajstić information content (AvgIpc) is 2.82. The topological polar surface area (TPSA) is 82.2 Å². The van der Waals surface area contributed by atoms with Crippen LogP contribution in [-0.2, 0) is 11.8 Å². The molecular formula is C10H16N4O3. The summed E-state index contributed by atoms with van der Waals surface area (Å²) in [4.78, 5) is 10.4. The van der Waals surface area contributed by atoms with E-state index in [-0.39, 0.29) is 11.8 Å². The molecule has 1 saturated heterocycles. The second-order valence-electron chi connectivity index (χ2n) is 4.30. The Bertz CT molecular complexity index is 418. The molecule has 0 aliphatic carbocycles. The number of aromatic nitrogens is 2. The van der Waals surface area contributed by atoms with Crippen LogP contribution in [0.15, 0.2) is 6.20 Å². The molecule has 2 unspecified atom stereocenters. The first-order valence-electron chi connectivity index (χ1n) is 5.61. The van der Waals surface area contributed by atoms with E-state index in [2.05, 4.69) is 10.4 Å². The van der Waals surface area contributed by atoms with Gasteiger partial charge in [-0.25, -0.2) is 0 Å². The summed E-state index contributed by atoms with van der Waals surface area (Å²) in [6.45, 7) is 3.43. The Kier molecular flexibility index (Phi) is 3.28. The normalized spacial score (nSPS) is 23.9. The van der Waals surface area contributed by atoms with Crippen molar-refractivity contribution in [3.8, 4) is 0 Å². The molecule has 7 nitrogen and oxygen atoms in total. The monoisotopic (exact) mass is 240 g/mol. The fourth-order valence-corrected chi connectivity index (χ4v) is 2.01. The summed E-state index contributed by atoms with van der Waals surface area (Å²) in [7, 11) is 1.67. The van der Waals surface area contributed by atoms with Gasteiger partial charge >= 0.3 is 5.69 Å². The van der Waals surface area contributed by atoms with Crippen molar-refractivity contribution in [1.82, 2.24) is 9.78 Å². The number of nitrogens with one attached hydrogen (secondary N) is 1. The molecule has 7 heteroatoms. The summed E-state index contributed by atoms with van der Waals surface area (Å²) < 4.78 is 6.88. The van der Waals surface area contributed by atoms with E-state index in [0.29, 0.717) is 18.3 Å². The van der Waals surface area contributed by atoms with Crippen molar-refractivity contribution in [3.63, 3.8) is 0 Å². The highest BCUT2D eigenvalue weighted by atomic mass is 16.6. The second-order valence-corrected chi connectivity index (χ2v) is 4.30. The lowest BCUT2D eigenvalue weighted by Gasteiger charge is -2.13. The van der Waals surface area contributed by atoms with Crippen LogP contribution in [0.3, 0.4) is 0 Å². The first kappa shape index (κ1) is 11.8. The lowest BCUT2D eigenvalue weighted by Crippen LogP contribution is -2.21. The van der Waals surface area contributed by atoms with Gasteiger partial charge in [-0.1, -0.05) is 0 Å². The second kappa shape index (κ2) is 4.70. The predicted molar refractivity (Wildman–Crippen MR) is 61.9 cm³/mol. The molecule has 0 aromatic carbocycles. The Morgan fingerprint density at radius 1 is 1.76 bits per heavy atom. The highest BCUT2D eigenvalue weighted by molar-refractivity contribution is 5.54. The summed E-state index contributed by atoms with van der Waals surface area (Å²) in [6, 6.07) is 0. The summed E-state index contributed by atoms with van der Waals surface area (Å²) in [6.07, 6.45) is 2.58. The zero-order chi connectivity index (χ0) is 12.4. The molecule has 1 fully saturated rings. The molecule has 0 amide bonds. The van der Waals surface area contributed by atoms with Crippen LogP contribution in [0.4, 0.5) is 11.5 Å². The highest BCUT2D eigenvalue weighted by Crippen LogP contribution is 2.24. The van der Waals surface area contributed by atoms with Crippen LogP contribution >= 0.6 is 0 Å². The lowest BCUT2D eigenvalue weighted by atomic mass is 10.0. The van der Waals surface area contributed by atoms with Gasteiger partial charge in [-0.15, -0.1) is 5.10 Å². The Labute approximate surface area is 98.9 Å². The lowest BCUT2D eigenvalue weighted by molar-refractivity contribution is -0.384. The maximum absolute atomic E-state index is 10.8. The molecule has 1 aromatic heterocycles. The SMILES string of the molecule is CC1OCCC1CNc1nn(C)cc1[N+](=O)[O-]. The van der Waals surface area contributed by atoms with Crippen LogP contribution in [0, 0.1) is 16.0 Å². The average molecular weight is 240 g/mol. The van der Waals surface area contributed by atoms with E-state index in [1.165, 1.54) is 10.9 Å². The zero-order valence-electron chi connectivity index (χ0n) is 9.92. The third-order valence-electron chi connectivity index (χ3n) is 3.07. The van der Waals surface area contributed by atoms with Crippen molar-refractivity contribution in [3.05, 3.63) is 16.3 Å². The maximum atomic E-state index is 10.8. The molecular weight excluding hydrogens is 224 g/mol.